The average Bonchev–Trinajstić information content (AvgIpc) is 3.38. The first-order chi connectivity index (χ1) is 15.0. The molecule has 1 N–H and O–H groups in total. The molecule has 158 valence electrons. The van der Waals surface area contributed by atoms with Crippen molar-refractivity contribution in [2.45, 2.75) is 34.0 Å². The molecule has 2 heterocycles. The second kappa shape index (κ2) is 8.83. The second-order valence-electron chi connectivity index (χ2n) is 7.49. The topological polar surface area (TPSA) is 86.9 Å². The molecule has 0 aliphatic carbocycles. The molecule has 8 heteroatoms. The third-order valence-electron chi connectivity index (χ3n) is 4.76. The summed E-state index contributed by atoms with van der Waals surface area (Å²) in [6.07, 6.45) is 3.29. The minimum absolute atomic E-state index is 0.209. The summed E-state index contributed by atoms with van der Waals surface area (Å²) in [5.74, 6) is 0.655. The number of ether oxygens (including phenoxy) is 1. The highest BCUT2D eigenvalue weighted by Gasteiger charge is 2.13. The Morgan fingerprint density at radius 1 is 1.00 bits per heavy atom. The summed E-state index contributed by atoms with van der Waals surface area (Å²) in [4.78, 5) is 16.7. The minimum atomic E-state index is -0.376. The first-order valence-electron chi connectivity index (χ1n) is 9.96. The van der Waals surface area contributed by atoms with Crippen LogP contribution in [0.25, 0.3) is 0 Å². The Kier molecular flexibility index (Phi) is 5.79. The number of rotatable bonds is 7. The quantitative estimate of drug-likeness (QED) is 0.496. The van der Waals surface area contributed by atoms with Gasteiger partial charge in [-0.25, -0.2) is 14.3 Å². The number of carbonyl (C=O) groups is 1. The predicted molar refractivity (Wildman–Crippen MR) is 117 cm³/mol. The van der Waals surface area contributed by atoms with Crippen LogP contribution in [0.5, 0.6) is 5.75 Å². The van der Waals surface area contributed by atoms with E-state index in [-0.39, 0.29) is 24.3 Å². The van der Waals surface area contributed by atoms with E-state index in [9.17, 15) is 4.79 Å². The molecule has 4 rings (SSSR count). The zero-order valence-corrected chi connectivity index (χ0v) is 17.7. The molecular weight excluding hydrogens is 392 g/mol. The van der Waals surface area contributed by atoms with E-state index < -0.39 is 0 Å². The van der Waals surface area contributed by atoms with Crippen molar-refractivity contribution in [3.63, 3.8) is 0 Å². The molecule has 31 heavy (non-hydrogen) atoms. The van der Waals surface area contributed by atoms with E-state index in [0.717, 1.165) is 22.4 Å². The number of anilines is 1. The molecule has 0 unspecified atom stereocenters. The molecule has 0 radical (unpaired) electrons. The number of carbonyl (C=O) groups excluding carboxylic acids is 1. The van der Waals surface area contributed by atoms with Crippen LogP contribution in [0.1, 0.15) is 32.7 Å². The van der Waals surface area contributed by atoms with Gasteiger partial charge in [-0.1, -0.05) is 42.0 Å². The number of aryl methyl sites for hydroxylation is 3. The fourth-order valence-electron chi connectivity index (χ4n) is 3.14. The fraction of sp³-hybridized carbons (Fsp3) is 0.217. The number of aromatic nitrogens is 5. The molecule has 0 saturated heterocycles. The van der Waals surface area contributed by atoms with Crippen molar-refractivity contribution in [1.29, 1.82) is 0 Å². The van der Waals surface area contributed by atoms with Gasteiger partial charge in [0.2, 0.25) is 5.95 Å². The van der Waals surface area contributed by atoms with Gasteiger partial charge >= 0.3 is 0 Å². The van der Waals surface area contributed by atoms with E-state index in [4.69, 9.17) is 4.74 Å². The van der Waals surface area contributed by atoms with Crippen molar-refractivity contribution in [3.05, 3.63) is 89.0 Å². The van der Waals surface area contributed by atoms with Crippen molar-refractivity contribution in [3.8, 4) is 5.75 Å². The third-order valence-corrected chi connectivity index (χ3v) is 4.76. The molecule has 2 aromatic carbocycles. The normalized spacial score (nSPS) is 10.8. The Morgan fingerprint density at radius 3 is 2.68 bits per heavy atom. The summed E-state index contributed by atoms with van der Waals surface area (Å²) in [5.41, 5.74) is 4.73. The summed E-state index contributed by atoms with van der Waals surface area (Å²) < 4.78 is 9.08. The maximum Gasteiger partial charge on any atom is 0.278 e. The van der Waals surface area contributed by atoms with E-state index in [2.05, 4.69) is 26.6 Å². The van der Waals surface area contributed by atoms with Gasteiger partial charge in [0.05, 0.1) is 6.54 Å². The first kappa shape index (κ1) is 20.3. The lowest BCUT2D eigenvalue weighted by Crippen LogP contribution is -2.15. The van der Waals surface area contributed by atoms with E-state index in [1.807, 2.05) is 57.2 Å². The van der Waals surface area contributed by atoms with E-state index in [1.165, 1.54) is 5.56 Å². The number of benzene rings is 2. The lowest BCUT2D eigenvalue weighted by Gasteiger charge is -2.09. The predicted octanol–water partition coefficient (Wildman–Crippen LogP) is 3.74. The van der Waals surface area contributed by atoms with Gasteiger partial charge in [-0.15, -0.1) is 5.10 Å². The van der Waals surface area contributed by atoms with Crippen LogP contribution in [0, 0.1) is 20.8 Å². The summed E-state index contributed by atoms with van der Waals surface area (Å²) in [6, 6.07) is 15.8. The third kappa shape index (κ3) is 5.16. The molecule has 8 nitrogen and oxygen atoms in total. The van der Waals surface area contributed by atoms with Crippen molar-refractivity contribution in [2.24, 2.45) is 0 Å². The molecular formula is C23H24N6O2. The van der Waals surface area contributed by atoms with Gasteiger partial charge in [0, 0.05) is 6.20 Å². The van der Waals surface area contributed by atoms with Gasteiger partial charge in [-0.2, -0.15) is 5.10 Å². The summed E-state index contributed by atoms with van der Waals surface area (Å²) in [5, 5.41) is 11.3. The van der Waals surface area contributed by atoms with Crippen molar-refractivity contribution in [2.75, 3.05) is 5.32 Å². The molecule has 0 aliphatic rings. The van der Waals surface area contributed by atoms with Crippen LogP contribution in [0.4, 0.5) is 5.95 Å². The highest BCUT2D eigenvalue weighted by molar-refractivity contribution is 6.01. The van der Waals surface area contributed by atoms with Crippen molar-refractivity contribution in [1.82, 2.24) is 24.5 Å². The number of amides is 1. The van der Waals surface area contributed by atoms with E-state index in [1.54, 1.807) is 28.0 Å². The van der Waals surface area contributed by atoms with Gasteiger partial charge in [0.25, 0.3) is 5.91 Å². The maximum absolute atomic E-state index is 12.5. The molecule has 1 amide bonds. The van der Waals surface area contributed by atoms with Gasteiger partial charge in [-0.3, -0.25) is 10.1 Å². The lowest BCUT2D eigenvalue weighted by atomic mass is 10.1. The molecule has 0 bridgehead atoms. The Balaban J connectivity index is 1.35. The number of nitrogens with zero attached hydrogens (tertiary/aromatic N) is 5. The summed E-state index contributed by atoms with van der Waals surface area (Å²) >= 11 is 0. The molecule has 2 aromatic heterocycles. The van der Waals surface area contributed by atoms with Gasteiger partial charge in [0.15, 0.2) is 12.4 Å². The molecule has 0 spiro atoms. The van der Waals surface area contributed by atoms with Crippen molar-refractivity contribution < 1.29 is 9.53 Å². The number of hydrogen-bond donors (Lipinski definition) is 1. The lowest BCUT2D eigenvalue weighted by molar-refractivity contribution is 0.101. The zero-order chi connectivity index (χ0) is 21.8. The van der Waals surface area contributed by atoms with Crippen molar-refractivity contribution >= 4 is 11.9 Å². The molecule has 0 atom stereocenters. The molecule has 4 aromatic rings. The average molecular weight is 416 g/mol. The monoisotopic (exact) mass is 416 g/mol. The van der Waals surface area contributed by atoms with Crippen LogP contribution in [0.15, 0.2) is 61.1 Å². The summed E-state index contributed by atoms with van der Waals surface area (Å²) in [6.45, 7) is 6.83. The minimum Gasteiger partial charge on any atom is -0.471 e. The van der Waals surface area contributed by atoms with E-state index in [0.29, 0.717) is 6.54 Å². The van der Waals surface area contributed by atoms with Crippen LogP contribution in [-0.4, -0.2) is 30.5 Å². The largest absolute Gasteiger partial charge is 0.471 e. The Morgan fingerprint density at radius 2 is 1.84 bits per heavy atom. The zero-order valence-electron chi connectivity index (χ0n) is 17.7. The van der Waals surface area contributed by atoms with Gasteiger partial charge < -0.3 is 4.74 Å². The Hall–Kier alpha value is -3.94. The fourth-order valence-corrected chi connectivity index (χ4v) is 3.14. The maximum atomic E-state index is 12.5. The van der Waals surface area contributed by atoms with Crippen LogP contribution in [0.2, 0.25) is 0 Å². The molecule has 0 aliphatic heterocycles. The van der Waals surface area contributed by atoms with E-state index >= 15 is 0 Å². The second-order valence-corrected chi connectivity index (χ2v) is 7.49. The van der Waals surface area contributed by atoms with Gasteiger partial charge in [-0.05, 0) is 49.6 Å². The standard InChI is InChI=1S/C23H24N6O2/c1-16-5-4-6-19(11-16)13-29-14-24-23(27-29)25-22(30)20-9-10-28(26-20)15-31-21-12-17(2)7-8-18(21)3/h4-12,14H,13,15H2,1-3H3,(H,25,27,30). The highest BCUT2D eigenvalue weighted by Crippen LogP contribution is 2.19. The number of hydrogen-bond acceptors (Lipinski definition) is 5. The Labute approximate surface area is 180 Å². The smallest absolute Gasteiger partial charge is 0.278 e. The Bertz CT molecular complexity index is 1210. The summed E-state index contributed by atoms with van der Waals surface area (Å²) in [7, 11) is 0. The van der Waals surface area contributed by atoms with Crippen LogP contribution in [-0.2, 0) is 13.3 Å². The molecule has 0 fully saturated rings. The molecule has 0 saturated carbocycles. The first-order valence-corrected chi connectivity index (χ1v) is 9.96. The number of nitrogens with one attached hydrogen (secondary N) is 1. The highest BCUT2D eigenvalue weighted by atomic mass is 16.5. The van der Waals surface area contributed by atoms with Crippen LogP contribution in [0.3, 0.4) is 0 Å². The van der Waals surface area contributed by atoms with Gasteiger partial charge in [0.1, 0.15) is 12.1 Å². The van der Waals surface area contributed by atoms with Crippen LogP contribution < -0.4 is 10.1 Å². The van der Waals surface area contributed by atoms with Crippen LogP contribution >= 0.6 is 0 Å². The SMILES string of the molecule is Cc1cccc(Cn2cnc(NC(=O)c3ccn(COc4cc(C)ccc4C)n3)n2)c1.